The minimum atomic E-state index is -0.106. The fourth-order valence-electron chi connectivity index (χ4n) is 2.05. The average Bonchev–Trinajstić information content (AvgIpc) is 2.83. The highest BCUT2D eigenvalue weighted by Gasteiger charge is 2.20. The third kappa shape index (κ3) is 3.36. The van der Waals surface area contributed by atoms with Crippen molar-refractivity contribution in [3.63, 3.8) is 0 Å². The second kappa shape index (κ2) is 6.83. The summed E-state index contributed by atoms with van der Waals surface area (Å²) in [7, 11) is 0. The number of nitrogens with two attached hydrogens (primary N) is 1. The molecule has 1 aromatic heterocycles. The molecule has 1 aromatic carbocycles. The Labute approximate surface area is 135 Å². The summed E-state index contributed by atoms with van der Waals surface area (Å²) in [5.74, 6) is 6.70. The van der Waals surface area contributed by atoms with E-state index >= 15 is 0 Å². The van der Waals surface area contributed by atoms with E-state index in [1.807, 2.05) is 18.5 Å². The van der Waals surface area contributed by atoms with Crippen molar-refractivity contribution >= 4 is 38.5 Å². The molecule has 3 N–H and O–H groups in total. The second-order valence-electron chi connectivity index (χ2n) is 4.24. The summed E-state index contributed by atoms with van der Waals surface area (Å²) in [4.78, 5) is 4.45. The van der Waals surface area contributed by atoms with E-state index in [1.165, 1.54) is 0 Å². The molecule has 1 unspecified atom stereocenters. The standard InChI is InChI=1S/C13H16BrIN4/c1-2-6-19-7-5-17-13(19)12(18-16)10-8-9(14)3-4-11(10)15/h3-5,7-8,12,18H,2,6,16H2,1H3. The molecular formula is C13H16BrIN4. The lowest BCUT2D eigenvalue weighted by Gasteiger charge is -2.19. The Bertz CT molecular complexity index is 555. The molecule has 4 nitrogen and oxygen atoms in total. The van der Waals surface area contributed by atoms with Crippen LogP contribution in [-0.4, -0.2) is 9.55 Å². The van der Waals surface area contributed by atoms with Gasteiger partial charge in [-0.2, -0.15) is 0 Å². The van der Waals surface area contributed by atoms with Crippen LogP contribution in [-0.2, 0) is 6.54 Å². The zero-order chi connectivity index (χ0) is 13.8. The maximum Gasteiger partial charge on any atom is 0.131 e. The Morgan fingerprint density at radius 2 is 2.32 bits per heavy atom. The Hall–Kier alpha value is -0.440. The van der Waals surface area contributed by atoms with Crippen molar-refractivity contribution in [1.29, 1.82) is 0 Å². The lowest BCUT2D eigenvalue weighted by molar-refractivity contribution is 0.544. The van der Waals surface area contributed by atoms with Gasteiger partial charge in [0.05, 0.1) is 0 Å². The van der Waals surface area contributed by atoms with E-state index in [2.05, 4.69) is 72.6 Å². The molecule has 0 bridgehead atoms. The molecule has 2 rings (SSSR count). The van der Waals surface area contributed by atoms with E-state index in [0.717, 1.165) is 32.4 Å². The highest BCUT2D eigenvalue weighted by molar-refractivity contribution is 14.1. The Morgan fingerprint density at radius 1 is 1.53 bits per heavy atom. The molecule has 2 aromatic rings. The molecule has 0 aliphatic carbocycles. The number of nitrogens with zero attached hydrogens (tertiary/aromatic N) is 2. The van der Waals surface area contributed by atoms with Gasteiger partial charge in [-0.3, -0.25) is 5.84 Å². The second-order valence-corrected chi connectivity index (χ2v) is 6.32. The number of benzene rings is 1. The van der Waals surface area contributed by atoms with Crippen LogP contribution in [0.15, 0.2) is 35.1 Å². The number of halogens is 2. The summed E-state index contributed by atoms with van der Waals surface area (Å²) in [5.41, 5.74) is 4.00. The molecular weight excluding hydrogens is 419 g/mol. The number of hydrogen-bond acceptors (Lipinski definition) is 3. The molecule has 0 radical (unpaired) electrons. The van der Waals surface area contributed by atoms with Crippen LogP contribution in [0.1, 0.15) is 30.8 Å². The van der Waals surface area contributed by atoms with Crippen LogP contribution in [0.4, 0.5) is 0 Å². The van der Waals surface area contributed by atoms with Crippen molar-refractivity contribution in [2.75, 3.05) is 0 Å². The van der Waals surface area contributed by atoms with Gasteiger partial charge in [0.1, 0.15) is 11.9 Å². The van der Waals surface area contributed by atoms with Crippen molar-refractivity contribution in [1.82, 2.24) is 15.0 Å². The van der Waals surface area contributed by atoms with Gasteiger partial charge in [0.2, 0.25) is 0 Å². The summed E-state index contributed by atoms with van der Waals surface area (Å²) in [6, 6.07) is 6.07. The van der Waals surface area contributed by atoms with E-state index in [4.69, 9.17) is 5.84 Å². The molecule has 0 saturated carbocycles. The molecule has 6 heteroatoms. The SMILES string of the molecule is CCCn1ccnc1C(NN)c1cc(Br)ccc1I. The minimum Gasteiger partial charge on any atom is -0.333 e. The molecule has 0 aliphatic rings. The minimum absolute atomic E-state index is 0.106. The number of imidazole rings is 1. The fraction of sp³-hybridized carbons (Fsp3) is 0.308. The molecule has 102 valence electrons. The number of rotatable bonds is 5. The van der Waals surface area contributed by atoms with Crippen molar-refractivity contribution in [3.8, 4) is 0 Å². The van der Waals surface area contributed by atoms with Gasteiger partial charge in [-0.15, -0.1) is 0 Å². The summed E-state index contributed by atoms with van der Waals surface area (Å²) < 4.78 is 4.34. The van der Waals surface area contributed by atoms with Gasteiger partial charge in [0, 0.05) is 27.0 Å². The van der Waals surface area contributed by atoms with E-state index in [-0.39, 0.29) is 6.04 Å². The molecule has 1 atom stereocenters. The smallest absolute Gasteiger partial charge is 0.131 e. The van der Waals surface area contributed by atoms with Crippen LogP contribution in [0, 0.1) is 3.57 Å². The predicted octanol–water partition coefficient (Wildman–Crippen LogP) is 3.21. The van der Waals surface area contributed by atoms with Crippen LogP contribution >= 0.6 is 38.5 Å². The lowest BCUT2D eigenvalue weighted by Crippen LogP contribution is -2.31. The summed E-state index contributed by atoms with van der Waals surface area (Å²) in [5, 5.41) is 0. The quantitative estimate of drug-likeness (QED) is 0.431. The number of aromatic nitrogens is 2. The van der Waals surface area contributed by atoms with Crippen LogP contribution in [0.3, 0.4) is 0 Å². The van der Waals surface area contributed by atoms with Crippen LogP contribution < -0.4 is 11.3 Å². The number of hydrogen-bond donors (Lipinski definition) is 2. The third-order valence-corrected chi connectivity index (χ3v) is 4.38. The molecule has 1 heterocycles. The highest BCUT2D eigenvalue weighted by Crippen LogP contribution is 2.27. The monoisotopic (exact) mass is 434 g/mol. The van der Waals surface area contributed by atoms with E-state index in [0.29, 0.717) is 0 Å². The van der Waals surface area contributed by atoms with Gasteiger partial charge in [-0.05, 0) is 52.8 Å². The first-order valence-corrected chi connectivity index (χ1v) is 7.96. The van der Waals surface area contributed by atoms with E-state index in [9.17, 15) is 0 Å². The molecule has 0 aliphatic heterocycles. The maximum atomic E-state index is 5.76. The lowest BCUT2D eigenvalue weighted by atomic mass is 10.1. The van der Waals surface area contributed by atoms with Gasteiger partial charge >= 0.3 is 0 Å². The zero-order valence-corrected chi connectivity index (χ0v) is 14.3. The highest BCUT2D eigenvalue weighted by atomic mass is 127. The first kappa shape index (κ1) is 15.0. The Balaban J connectivity index is 2.44. The largest absolute Gasteiger partial charge is 0.333 e. The normalized spacial score (nSPS) is 12.6. The first-order valence-electron chi connectivity index (χ1n) is 6.09. The summed E-state index contributed by atoms with van der Waals surface area (Å²) in [6.07, 6.45) is 4.88. The topological polar surface area (TPSA) is 55.9 Å². The van der Waals surface area contributed by atoms with E-state index in [1.54, 1.807) is 0 Å². The summed E-state index contributed by atoms with van der Waals surface area (Å²) >= 11 is 5.83. The van der Waals surface area contributed by atoms with Gasteiger partial charge in [0.25, 0.3) is 0 Å². The third-order valence-electron chi connectivity index (χ3n) is 2.91. The fourth-order valence-corrected chi connectivity index (χ4v) is 3.08. The van der Waals surface area contributed by atoms with Gasteiger partial charge < -0.3 is 4.57 Å². The van der Waals surface area contributed by atoms with Crippen LogP contribution in [0.5, 0.6) is 0 Å². The Morgan fingerprint density at radius 3 is 3.00 bits per heavy atom. The van der Waals surface area contributed by atoms with Crippen molar-refractivity contribution < 1.29 is 0 Å². The first-order chi connectivity index (χ1) is 9.17. The van der Waals surface area contributed by atoms with Crippen LogP contribution in [0.25, 0.3) is 0 Å². The molecule has 0 saturated heterocycles. The molecule has 19 heavy (non-hydrogen) atoms. The van der Waals surface area contributed by atoms with Crippen LogP contribution in [0.2, 0.25) is 0 Å². The number of hydrazine groups is 1. The van der Waals surface area contributed by atoms with Crippen molar-refractivity contribution in [2.45, 2.75) is 25.9 Å². The van der Waals surface area contributed by atoms with Crippen molar-refractivity contribution in [3.05, 3.63) is 50.0 Å². The number of aryl methyl sites for hydroxylation is 1. The van der Waals surface area contributed by atoms with Crippen molar-refractivity contribution in [2.24, 2.45) is 5.84 Å². The van der Waals surface area contributed by atoms with Gasteiger partial charge in [0.15, 0.2) is 0 Å². The maximum absolute atomic E-state index is 5.76. The molecule has 0 fully saturated rings. The van der Waals surface area contributed by atoms with Gasteiger partial charge in [-0.25, -0.2) is 10.4 Å². The van der Waals surface area contributed by atoms with E-state index < -0.39 is 0 Å². The summed E-state index contributed by atoms with van der Waals surface area (Å²) in [6.45, 7) is 3.09. The number of nitrogens with one attached hydrogen (secondary N) is 1. The van der Waals surface area contributed by atoms with Gasteiger partial charge in [-0.1, -0.05) is 22.9 Å². The molecule has 0 spiro atoms. The Kier molecular flexibility index (Phi) is 5.37. The molecule has 0 amide bonds. The zero-order valence-electron chi connectivity index (χ0n) is 10.6. The predicted molar refractivity (Wildman–Crippen MR) is 88.5 cm³/mol. The average molecular weight is 435 g/mol.